The zero-order chi connectivity index (χ0) is 7.40. The second kappa shape index (κ2) is 3.77. The molecule has 1 nitrogen and oxygen atoms in total. The van der Waals surface area contributed by atoms with Gasteiger partial charge in [-0.15, -0.1) is 0 Å². The molecule has 1 aliphatic rings. The molecule has 1 heteroatoms. The van der Waals surface area contributed by atoms with Crippen LogP contribution in [0, 0.1) is 0 Å². The summed E-state index contributed by atoms with van der Waals surface area (Å²) in [6.07, 6.45) is 7.56. The first-order valence-electron chi connectivity index (χ1n) is 4.13. The van der Waals surface area contributed by atoms with E-state index in [1.165, 1.54) is 12.0 Å². The molecule has 0 aromatic carbocycles. The molecule has 0 amide bonds. The van der Waals surface area contributed by atoms with Gasteiger partial charge in [0, 0.05) is 0 Å². The van der Waals surface area contributed by atoms with Crippen LogP contribution in [0.4, 0.5) is 0 Å². The SMILES string of the molecule is CC1=CCCC(O)CCC1. The normalized spacial score (nSPS) is 28.6. The fourth-order valence-corrected chi connectivity index (χ4v) is 1.39. The minimum Gasteiger partial charge on any atom is -0.393 e. The summed E-state index contributed by atoms with van der Waals surface area (Å²) in [5.41, 5.74) is 1.49. The maximum Gasteiger partial charge on any atom is 0.0543 e. The van der Waals surface area contributed by atoms with E-state index in [0.717, 1.165) is 25.7 Å². The van der Waals surface area contributed by atoms with Gasteiger partial charge in [0.1, 0.15) is 0 Å². The van der Waals surface area contributed by atoms with Gasteiger partial charge in [-0.3, -0.25) is 0 Å². The summed E-state index contributed by atoms with van der Waals surface area (Å²) < 4.78 is 0. The quantitative estimate of drug-likeness (QED) is 0.512. The molecule has 1 N–H and O–H groups in total. The first kappa shape index (κ1) is 7.80. The minimum absolute atomic E-state index is 0.0376. The van der Waals surface area contributed by atoms with E-state index < -0.39 is 0 Å². The smallest absolute Gasteiger partial charge is 0.0543 e. The molecular formula is C9H16O. The van der Waals surface area contributed by atoms with Gasteiger partial charge in [-0.1, -0.05) is 11.6 Å². The van der Waals surface area contributed by atoms with Crippen molar-refractivity contribution in [3.8, 4) is 0 Å². The Bertz CT molecular complexity index is 127. The van der Waals surface area contributed by atoms with Gasteiger partial charge in [0.15, 0.2) is 0 Å². The Balaban J connectivity index is 2.38. The number of rotatable bonds is 0. The summed E-state index contributed by atoms with van der Waals surface area (Å²) in [6.45, 7) is 2.18. The second-order valence-corrected chi connectivity index (χ2v) is 3.17. The van der Waals surface area contributed by atoms with E-state index in [1.54, 1.807) is 0 Å². The third kappa shape index (κ3) is 2.53. The molecule has 1 atom stereocenters. The maximum absolute atomic E-state index is 9.27. The van der Waals surface area contributed by atoms with Crippen LogP contribution < -0.4 is 0 Å². The average Bonchev–Trinajstić information content (AvgIpc) is 1.84. The number of allylic oxidation sites excluding steroid dienone is 2. The summed E-state index contributed by atoms with van der Waals surface area (Å²) in [5.74, 6) is 0. The van der Waals surface area contributed by atoms with Crippen molar-refractivity contribution in [1.82, 2.24) is 0 Å². The van der Waals surface area contributed by atoms with Crippen molar-refractivity contribution in [2.24, 2.45) is 0 Å². The van der Waals surface area contributed by atoms with Crippen LogP contribution in [0.25, 0.3) is 0 Å². The minimum atomic E-state index is -0.0376. The zero-order valence-electron chi connectivity index (χ0n) is 6.64. The van der Waals surface area contributed by atoms with E-state index in [9.17, 15) is 5.11 Å². The van der Waals surface area contributed by atoms with Gasteiger partial charge in [-0.05, 0) is 39.0 Å². The van der Waals surface area contributed by atoms with Gasteiger partial charge in [-0.25, -0.2) is 0 Å². The second-order valence-electron chi connectivity index (χ2n) is 3.17. The van der Waals surface area contributed by atoms with Crippen LogP contribution in [0.3, 0.4) is 0 Å². The van der Waals surface area contributed by atoms with Crippen molar-refractivity contribution in [1.29, 1.82) is 0 Å². The van der Waals surface area contributed by atoms with Gasteiger partial charge in [0.25, 0.3) is 0 Å². The van der Waals surface area contributed by atoms with Gasteiger partial charge in [-0.2, -0.15) is 0 Å². The maximum atomic E-state index is 9.27. The van der Waals surface area contributed by atoms with E-state index >= 15 is 0 Å². The van der Waals surface area contributed by atoms with E-state index in [-0.39, 0.29) is 6.10 Å². The van der Waals surface area contributed by atoms with Crippen LogP contribution in [0.15, 0.2) is 11.6 Å². The molecule has 1 rings (SSSR count). The molecular weight excluding hydrogens is 124 g/mol. The highest BCUT2D eigenvalue weighted by atomic mass is 16.3. The van der Waals surface area contributed by atoms with Gasteiger partial charge < -0.3 is 5.11 Å². The molecule has 0 heterocycles. The summed E-state index contributed by atoms with van der Waals surface area (Å²) in [4.78, 5) is 0. The van der Waals surface area contributed by atoms with Crippen LogP contribution in [0.1, 0.15) is 39.0 Å². The van der Waals surface area contributed by atoms with Gasteiger partial charge in [0.2, 0.25) is 0 Å². The van der Waals surface area contributed by atoms with Crippen molar-refractivity contribution >= 4 is 0 Å². The van der Waals surface area contributed by atoms with Crippen molar-refractivity contribution in [2.45, 2.75) is 45.1 Å². The number of aliphatic hydroxyl groups excluding tert-OH is 1. The first-order chi connectivity index (χ1) is 4.79. The van der Waals surface area contributed by atoms with Gasteiger partial charge >= 0.3 is 0 Å². The number of hydrogen-bond donors (Lipinski definition) is 1. The molecule has 0 aromatic rings. The van der Waals surface area contributed by atoms with Crippen LogP contribution >= 0.6 is 0 Å². The lowest BCUT2D eigenvalue weighted by atomic mass is 9.99. The highest BCUT2D eigenvalue weighted by Crippen LogP contribution is 2.16. The van der Waals surface area contributed by atoms with Crippen molar-refractivity contribution in [3.05, 3.63) is 11.6 Å². The zero-order valence-corrected chi connectivity index (χ0v) is 6.64. The third-order valence-corrected chi connectivity index (χ3v) is 2.10. The lowest BCUT2D eigenvalue weighted by molar-refractivity contribution is 0.151. The molecule has 1 unspecified atom stereocenters. The molecule has 0 bridgehead atoms. The first-order valence-corrected chi connectivity index (χ1v) is 4.13. The molecule has 58 valence electrons. The third-order valence-electron chi connectivity index (χ3n) is 2.10. The molecule has 0 saturated heterocycles. The van der Waals surface area contributed by atoms with Gasteiger partial charge in [0.05, 0.1) is 6.10 Å². The summed E-state index contributed by atoms with van der Waals surface area (Å²) in [5, 5.41) is 9.27. The van der Waals surface area contributed by atoms with Crippen molar-refractivity contribution < 1.29 is 5.11 Å². The van der Waals surface area contributed by atoms with Crippen molar-refractivity contribution in [3.63, 3.8) is 0 Å². The molecule has 0 saturated carbocycles. The molecule has 0 fully saturated rings. The summed E-state index contributed by atoms with van der Waals surface area (Å²) in [7, 11) is 0. The molecule has 10 heavy (non-hydrogen) atoms. The lowest BCUT2D eigenvalue weighted by Crippen LogP contribution is -2.07. The van der Waals surface area contributed by atoms with E-state index in [2.05, 4.69) is 13.0 Å². The fraction of sp³-hybridized carbons (Fsp3) is 0.778. The Kier molecular flexibility index (Phi) is 2.94. The topological polar surface area (TPSA) is 20.2 Å². The van der Waals surface area contributed by atoms with Crippen LogP contribution in [-0.4, -0.2) is 11.2 Å². The lowest BCUT2D eigenvalue weighted by Gasteiger charge is -2.12. The Hall–Kier alpha value is -0.300. The predicted molar refractivity (Wildman–Crippen MR) is 42.8 cm³/mol. The fourth-order valence-electron chi connectivity index (χ4n) is 1.39. The summed E-state index contributed by atoms with van der Waals surface area (Å²) >= 11 is 0. The number of aliphatic hydroxyl groups is 1. The van der Waals surface area contributed by atoms with Crippen molar-refractivity contribution in [2.75, 3.05) is 0 Å². The summed E-state index contributed by atoms with van der Waals surface area (Å²) in [6, 6.07) is 0. The Labute approximate surface area is 62.8 Å². The van der Waals surface area contributed by atoms with Crippen LogP contribution in [-0.2, 0) is 0 Å². The number of hydrogen-bond acceptors (Lipinski definition) is 1. The Morgan fingerprint density at radius 3 is 3.10 bits per heavy atom. The average molecular weight is 140 g/mol. The Morgan fingerprint density at radius 2 is 2.30 bits per heavy atom. The molecule has 0 radical (unpaired) electrons. The Morgan fingerprint density at radius 1 is 1.50 bits per heavy atom. The molecule has 0 spiro atoms. The predicted octanol–water partition coefficient (Wildman–Crippen LogP) is 2.26. The monoisotopic (exact) mass is 140 g/mol. The largest absolute Gasteiger partial charge is 0.393 e. The van der Waals surface area contributed by atoms with Crippen LogP contribution in [0.5, 0.6) is 0 Å². The van der Waals surface area contributed by atoms with E-state index in [1.807, 2.05) is 0 Å². The van der Waals surface area contributed by atoms with E-state index in [0.29, 0.717) is 0 Å². The van der Waals surface area contributed by atoms with Crippen LogP contribution in [0.2, 0.25) is 0 Å². The van der Waals surface area contributed by atoms with E-state index in [4.69, 9.17) is 0 Å². The standard InChI is InChI=1S/C9H16O/c1-8-4-2-6-9(10)7-3-5-8/h4,9-10H,2-3,5-7H2,1H3. The molecule has 0 aromatic heterocycles. The highest BCUT2D eigenvalue weighted by Gasteiger charge is 2.05. The molecule has 1 aliphatic carbocycles. The highest BCUT2D eigenvalue weighted by molar-refractivity contribution is 4.99. The molecule has 0 aliphatic heterocycles.